The summed E-state index contributed by atoms with van der Waals surface area (Å²) >= 11 is 0. The molecule has 0 saturated heterocycles. The smallest absolute Gasteiger partial charge is 0.261 e. The number of hydrogen-bond donors (Lipinski definition) is 1. The van der Waals surface area contributed by atoms with E-state index < -0.39 is 0 Å². The van der Waals surface area contributed by atoms with Crippen LogP contribution in [0.15, 0.2) is 36.9 Å². The average molecular weight is 309 g/mol. The van der Waals surface area contributed by atoms with E-state index in [4.69, 9.17) is 0 Å². The van der Waals surface area contributed by atoms with Gasteiger partial charge < -0.3 is 5.11 Å². The lowest BCUT2D eigenvalue weighted by Gasteiger charge is -2.28. The first kappa shape index (κ1) is 15.3. The fourth-order valence-electron chi connectivity index (χ4n) is 3.09. The number of imide groups is 1. The molecular formula is C19H19NO3. The number of nitrogens with zero attached hydrogens (tertiary/aromatic N) is 1. The summed E-state index contributed by atoms with van der Waals surface area (Å²) in [4.78, 5) is 26.7. The second-order valence-corrected chi connectivity index (χ2v) is 5.77. The Morgan fingerprint density at radius 2 is 1.96 bits per heavy atom. The summed E-state index contributed by atoms with van der Waals surface area (Å²) in [5, 5.41) is 11.6. The number of phenolic OH excluding ortho intramolecular Hbond substituents is 1. The minimum Gasteiger partial charge on any atom is -0.507 e. The van der Waals surface area contributed by atoms with Crippen molar-refractivity contribution in [3.8, 4) is 5.75 Å². The van der Waals surface area contributed by atoms with Gasteiger partial charge in [-0.2, -0.15) is 0 Å². The van der Waals surface area contributed by atoms with Gasteiger partial charge in [-0.1, -0.05) is 31.6 Å². The van der Waals surface area contributed by atoms with E-state index in [-0.39, 0.29) is 17.6 Å². The number of benzene rings is 2. The Morgan fingerprint density at radius 1 is 1.22 bits per heavy atom. The lowest BCUT2D eigenvalue weighted by Crippen LogP contribution is -2.40. The molecule has 0 spiro atoms. The van der Waals surface area contributed by atoms with Crippen LogP contribution in [0.25, 0.3) is 10.8 Å². The first-order chi connectivity index (χ1) is 11.1. The summed E-state index contributed by atoms with van der Waals surface area (Å²) in [6.07, 6.45) is 3.84. The summed E-state index contributed by atoms with van der Waals surface area (Å²) in [5.74, 6) is -0.442. The molecule has 0 unspecified atom stereocenters. The fraction of sp³-hybridized carbons (Fsp3) is 0.263. The van der Waals surface area contributed by atoms with Crippen LogP contribution >= 0.6 is 0 Å². The van der Waals surface area contributed by atoms with Crippen LogP contribution < -0.4 is 0 Å². The predicted octanol–water partition coefficient (Wildman–Crippen LogP) is 3.67. The van der Waals surface area contributed by atoms with Crippen molar-refractivity contribution in [2.75, 3.05) is 6.54 Å². The van der Waals surface area contributed by atoms with Crippen molar-refractivity contribution in [1.82, 2.24) is 4.90 Å². The van der Waals surface area contributed by atoms with Crippen LogP contribution in [0.2, 0.25) is 0 Å². The van der Waals surface area contributed by atoms with E-state index in [1.165, 1.54) is 4.90 Å². The second kappa shape index (κ2) is 5.88. The first-order valence-electron chi connectivity index (χ1n) is 7.84. The molecule has 0 saturated carbocycles. The Kier molecular flexibility index (Phi) is 3.90. The number of hydrogen-bond acceptors (Lipinski definition) is 3. The molecule has 0 bridgehead atoms. The fourth-order valence-corrected chi connectivity index (χ4v) is 3.09. The van der Waals surface area contributed by atoms with E-state index in [1.54, 1.807) is 30.3 Å². The summed E-state index contributed by atoms with van der Waals surface area (Å²) in [7, 11) is 0. The first-order valence-corrected chi connectivity index (χ1v) is 7.84. The largest absolute Gasteiger partial charge is 0.507 e. The molecule has 0 fully saturated rings. The van der Waals surface area contributed by atoms with Crippen LogP contribution in [0.3, 0.4) is 0 Å². The monoisotopic (exact) mass is 309 g/mol. The van der Waals surface area contributed by atoms with Crippen molar-refractivity contribution in [2.24, 2.45) is 0 Å². The van der Waals surface area contributed by atoms with Crippen LogP contribution in [-0.4, -0.2) is 28.4 Å². The van der Waals surface area contributed by atoms with Gasteiger partial charge in [0.05, 0.1) is 0 Å². The standard InChI is InChI=1S/C19H19NO3/c1-3-5-10-20-18(22)14-9-6-8-13-16(14)15(19(20)23)11-12(7-4-2)17(13)21/h4,6,8-9,11,21H,2-3,5,7,10H2,1H3. The SMILES string of the molecule is C=CCc1cc2c3c(cccc3c1O)C(=O)N(CCCC)C2=O. The van der Waals surface area contributed by atoms with Crippen LogP contribution in [0.1, 0.15) is 46.0 Å². The second-order valence-electron chi connectivity index (χ2n) is 5.77. The summed E-state index contributed by atoms with van der Waals surface area (Å²) in [6, 6.07) is 6.89. The Balaban J connectivity index is 2.26. The molecule has 4 heteroatoms. The summed E-state index contributed by atoms with van der Waals surface area (Å²) < 4.78 is 0. The summed E-state index contributed by atoms with van der Waals surface area (Å²) in [6.45, 7) is 6.13. The third-order valence-electron chi connectivity index (χ3n) is 4.26. The molecule has 0 aromatic heterocycles. The molecule has 118 valence electrons. The number of phenols is 1. The Bertz CT molecular complexity index is 823. The van der Waals surface area contributed by atoms with Gasteiger partial charge in [-0.3, -0.25) is 14.5 Å². The molecule has 1 N–H and O–H groups in total. The molecule has 1 heterocycles. The summed E-state index contributed by atoms with van der Waals surface area (Å²) in [5.41, 5.74) is 1.62. The van der Waals surface area contributed by atoms with E-state index in [9.17, 15) is 14.7 Å². The number of allylic oxidation sites excluding steroid dienone is 1. The topological polar surface area (TPSA) is 57.6 Å². The third-order valence-corrected chi connectivity index (χ3v) is 4.26. The van der Waals surface area contributed by atoms with Gasteiger partial charge in [0.1, 0.15) is 5.75 Å². The molecule has 0 atom stereocenters. The minimum atomic E-state index is -0.280. The van der Waals surface area contributed by atoms with Crippen LogP contribution in [0, 0.1) is 0 Å². The van der Waals surface area contributed by atoms with Crippen molar-refractivity contribution in [3.05, 3.63) is 53.6 Å². The van der Waals surface area contributed by atoms with Crippen molar-refractivity contribution in [2.45, 2.75) is 26.2 Å². The maximum atomic E-state index is 12.8. The Hall–Kier alpha value is -2.62. The van der Waals surface area contributed by atoms with Gasteiger partial charge in [-0.15, -0.1) is 6.58 Å². The molecule has 1 aliphatic heterocycles. The van der Waals surface area contributed by atoms with Crippen molar-refractivity contribution < 1.29 is 14.7 Å². The van der Waals surface area contributed by atoms with E-state index in [2.05, 4.69) is 6.58 Å². The zero-order valence-corrected chi connectivity index (χ0v) is 13.1. The van der Waals surface area contributed by atoms with Crippen LogP contribution in [0.5, 0.6) is 5.75 Å². The molecule has 1 aliphatic rings. The number of aromatic hydroxyl groups is 1. The van der Waals surface area contributed by atoms with Crippen molar-refractivity contribution in [3.63, 3.8) is 0 Å². The van der Waals surface area contributed by atoms with Gasteiger partial charge in [-0.25, -0.2) is 0 Å². The maximum Gasteiger partial charge on any atom is 0.261 e. The average Bonchev–Trinajstić information content (AvgIpc) is 2.56. The zero-order chi connectivity index (χ0) is 16.6. The molecule has 2 amide bonds. The van der Waals surface area contributed by atoms with E-state index in [1.807, 2.05) is 6.92 Å². The molecular weight excluding hydrogens is 290 g/mol. The molecule has 4 nitrogen and oxygen atoms in total. The predicted molar refractivity (Wildman–Crippen MR) is 89.8 cm³/mol. The van der Waals surface area contributed by atoms with E-state index >= 15 is 0 Å². The number of unbranched alkanes of at least 4 members (excludes halogenated alkanes) is 1. The normalized spacial score (nSPS) is 13.7. The lowest BCUT2D eigenvalue weighted by atomic mass is 9.90. The van der Waals surface area contributed by atoms with Gasteiger partial charge in [-0.05, 0) is 30.5 Å². The molecule has 2 aromatic rings. The highest BCUT2D eigenvalue weighted by Crippen LogP contribution is 2.37. The number of carbonyl (C=O) groups excluding carboxylic acids is 2. The van der Waals surface area contributed by atoms with E-state index in [0.29, 0.717) is 40.4 Å². The van der Waals surface area contributed by atoms with Crippen LogP contribution in [0.4, 0.5) is 0 Å². The minimum absolute atomic E-state index is 0.119. The van der Waals surface area contributed by atoms with Crippen molar-refractivity contribution in [1.29, 1.82) is 0 Å². The molecule has 2 aromatic carbocycles. The molecule has 3 rings (SSSR count). The Labute approximate surface area is 135 Å². The van der Waals surface area contributed by atoms with Gasteiger partial charge in [0.15, 0.2) is 0 Å². The highest BCUT2D eigenvalue weighted by Gasteiger charge is 2.33. The van der Waals surface area contributed by atoms with Crippen LogP contribution in [-0.2, 0) is 6.42 Å². The Morgan fingerprint density at radius 3 is 2.65 bits per heavy atom. The molecule has 23 heavy (non-hydrogen) atoms. The third kappa shape index (κ3) is 2.31. The quantitative estimate of drug-likeness (QED) is 0.677. The van der Waals surface area contributed by atoms with Gasteiger partial charge in [0.25, 0.3) is 11.8 Å². The van der Waals surface area contributed by atoms with Gasteiger partial charge in [0.2, 0.25) is 0 Å². The molecule has 0 aliphatic carbocycles. The van der Waals surface area contributed by atoms with Crippen molar-refractivity contribution >= 4 is 22.6 Å². The lowest BCUT2D eigenvalue weighted by molar-refractivity contribution is 0.0608. The highest BCUT2D eigenvalue weighted by atomic mass is 16.3. The van der Waals surface area contributed by atoms with Gasteiger partial charge in [0, 0.05) is 28.4 Å². The number of rotatable bonds is 5. The number of carbonyl (C=O) groups is 2. The van der Waals surface area contributed by atoms with E-state index in [0.717, 1.165) is 12.8 Å². The highest BCUT2D eigenvalue weighted by molar-refractivity contribution is 6.26. The zero-order valence-electron chi connectivity index (χ0n) is 13.1. The maximum absolute atomic E-state index is 12.8. The number of amides is 2. The van der Waals surface area contributed by atoms with Gasteiger partial charge >= 0.3 is 0 Å². The molecule has 0 radical (unpaired) electrons.